The zero-order valence-corrected chi connectivity index (χ0v) is 46.9. The molecule has 74 heavy (non-hydrogen) atoms. The predicted molar refractivity (Wildman–Crippen MR) is 306 cm³/mol. The number of carbonyl (C=O) groups is 2. The number of hydrogen-bond acceptors (Lipinski definition) is 10. The van der Waals surface area contributed by atoms with E-state index in [1.807, 2.05) is 6.08 Å². The zero-order valence-electron chi connectivity index (χ0n) is 46.9. The third-order valence-electron chi connectivity index (χ3n) is 13.5. The number of unbranched alkanes of at least 4 members (excludes halogenated alkanes) is 24. The van der Waals surface area contributed by atoms with Crippen molar-refractivity contribution >= 4 is 11.9 Å². The van der Waals surface area contributed by atoms with Gasteiger partial charge in [0.1, 0.15) is 24.4 Å². The molecule has 1 saturated heterocycles. The molecule has 0 aliphatic carbocycles. The van der Waals surface area contributed by atoms with Gasteiger partial charge in [-0.3, -0.25) is 9.59 Å². The fourth-order valence-electron chi connectivity index (χ4n) is 8.74. The largest absolute Gasteiger partial charge is 0.454 e. The van der Waals surface area contributed by atoms with Crippen LogP contribution in [0.4, 0.5) is 0 Å². The van der Waals surface area contributed by atoms with Gasteiger partial charge in [0.15, 0.2) is 12.4 Å². The molecular formula is C63H109NO10. The maximum atomic E-state index is 13.4. The molecule has 8 atom stereocenters. The molecule has 11 heteroatoms. The minimum Gasteiger partial charge on any atom is -0.454 e. The monoisotopic (exact) mass is 1040 g/mol. The highest BCUT2D eigenvalue weighted by Crippen LogP contribution is 2.26. The Balaban J connectivity index is 2.75. The Morgan fingerprint density at radius 2 is 0.973 bits per heavy atom. The number of carbonyl (C=O) groups excluding carboxylic acids is 2. The second-order valence-corrected chi connectivity index (χ2v) is 20.4. The average molecular weight is 1040 g/mol. The van der Waals surface area contributed by atoms with Crippen molar-refractivity contribution in [2.45, 2.75) is 288 Å². The average Bonchev–Trinajstić information content (AvgIpc) is 3.40. The van der Waals surface area contributed by atoms with Crippen LogP contribution < -0.4 is 5.32 Å². The molecule has 0 saturated carbocycles. The van der Waals surface area contributed by atoms with Crippen LogP contribution >= 0.6 is 0 Å². The van der Waals surface area contributed by atoms with Gasteiger partial charge >= 0.3 is 5.97 Å². The molecule has 0 aromatic heterocycles. The summed E-state index contributed by atoms with van der Waals surface area (Å²) < 4.78 is 17.6. The van der Waals surface area contributed by atoms with Gasteiger partial charge in [-0.2, -0.15) is 0 Å². The Morgan fingerprint density at radius 3 is 1.50 bits per heavy atom. The van der Waals surface area contributed by atoms with Gasteiger partial charge < -0.3 is 45.1 Å². The van der Waals surface area contributed by atoms with E-state index in [1.165, 1.54) is 83.5 Å². The Kier molecular flexibility index (Phi) is 47.1. The lowest BCUT2D eigenvalue weighted by Crippen LogP contribution is -2.61. The summed E-state index contributed by atoms with van der Waals surface area (Å²) in [7, 11) is 0. The number of ether oxygens (including phenoxy) is 3. The highest BCUT2D eigenvalue weighted by atomic mass is 16.7. The molecule has 8 unspecified atom stereocenters. The quantitative estimate of drug-likeness (QED) is 0.0149. The highest BCUT2D eigenvalue weighted by molar-refractivity contribution is 5.80. The van der Waals surface area contributed by atoms with Crippen molar-refractivity contribution in [3.63, 3.8) is 0 Å². The summed E-state index contributed by atoms with van der Waals surface area (Å²) in [5.74, 6) is -1.24. The molecule has 1 rings (SSSR count). The van der Waals surface area contributed by atoms with E-state index in [0.717, 1.165) is 109 Å². The van der Waals surface area contributed by atoms with Crippen LogP contribution in [0.25, 0.3) is 0 Å². The maximum absolute atomic E-state index is 13.4. The molecule has 0 aromatic rings. The van der Waals surface area contributed by atoms with Gasteiger partial charge in [-0.1, -0.05) is 221 Å². The molecular weight excluding hydrogens is 931 g/mol. The third-order valence-corrected chi connectivity index (χ3v) is 13.5. The lowest BCUT2D eigenvalue weighted by molar-refractivity contribution is -0.305. The molecule has 1 aliphatic heterocycles. The Labute approximate surface area is 451 Å². The normalized spacial score (nSPS) is 19.9. The number of aliphatic hydroxyl groups is 5. The molecule has 426 valence electrons. The molecule has 0 bridgehead atoms. The van der Waals surface area contributed by atoms with Gasteiger partial charge in [-0.05, 0) is 96.3 Å². The van der Waals surface area contributed by atoms with Crippen LogP contribution in [0, 0.1) is 0 Å². The zero-order chi connectivity index (χ0) is 54.0. The van der Waals surface area contributed by atoms with Crippen molar-refractivity contribution < 1.29 is 49.3 Å². The standard InChI is InChI=1S/C63H109NO10/c1-4-7-10-13-16-19-22-25-27-28-29-31-32-35-38-41-44-47-50-56(67)62(71)64-54(55(66)49-46-43-40-37-34-24-21-18-15-12-9-6-3)53-72-63-61(60(70)59(69)57(52-65)73-63)74-58(68)51-48-45-42-39-36-33-30-26-23-20-17-14-11-8-5-2/h16-17,19-20,23,25-27,29,31,35,38,46,49,54-57,59-61,63,65-67,69-70H,4-15,18,21-22,24,28,30,32-34,36-37,39-45,47-48,50-53H2,1-3H3,(H,64,71)/b19-16-,20-17+,26-23+,27-25-,31-29-,38-35-,49-46+. The molecule has 1 heterocycles. The van der Waals surface area contributed by atoms with Crippen molar-refractivity contribution in [1.82, 2.24) is 5.32 Å². The third kappa shape index (κ3) is 38.4. The van der Waals surface area contributed by atoms with Gasteiger partial charge in [0, 0.05) is 6.42 Å². The smallest absolute Gasteiger partial charge is 0.306 e. The topological polar surface area (TPSA) is 175 Å². The van der Waals surface area contributed by atoms with E-state index in [4.69, 9.17) is 14.2 Å². The molecule has 11 nitrogen and oxygen atoms in total. The van der Waals surface area contributed by atoms with Crippen molar-refractivity contribution in [2.75, 3.05) is 13.2 Å². The summed E-state index contributed by atoms with van der Waals surface area (Å²) in [6.07, 6.45) is 54.7. The van der Waals surface area contributed by atoms with Crippen LogP contribution in [0.1, 0.15) is 239 Å². The molecule has 1 fully saturated rings. The summed E-state index contributed by atoms with van der Waals surface area (Å²) in [5, 5.41) is 56.8. The van der Waals surface area contributed by atoms with E-state index < -0.39 is 67.4 Å². The van der Waals surface area contributed by atoms with Gasteiger partial charge in [0.05, 0.1) is 25.4 Å². The van der Waals surface area contributed by atoms with E-state index in [0.29, 0.717) is 12.8 Å². The summed E-state index contributed by atoms with van der Waals surface area (Å²) in [5.41, 5.74) is 0. The van der Waals surface area contributed by atoms with Gasteiger partial charge in [-0.15, -0.1) is 0 Å². The Bertz CT molecular complexity index is 1520. The van der Waals surface area contributed by atoms with Crippen LogP contribution in [0.5, 0.6) is 0 Å². The van der Waals surface area contributed by atoms with Crippen LogP contribution in [0.15, 0.2) is 85.1 Å². The van der Waals surface area contributed by atoms with Gasteiger partial charge in [0.25, 0.3) is 0 Å². The van der Waals surface area contributed by atoms with Crippen molar-refractivity contribution in [3.8, 4) is 0 Å². The lowest BCUT2D eigenvalue weighted by atomic mass is 9.99. The summed E-state index contributed by atoms with van der Waals surface area (Å²) >= 11 is 0. The van der Waals surface area contributed by atoms with Crippen molar-refractivity contribution in [3.05, 3.63) is 85.1 Å². The van der Waals surface area contributed by atoms with E-state index in [-0.39, 0.29) is 19.4 Å². The van der Waals surface area contributed by atoms with E-state index in [1.54, 1.807) is 6.08 Å². The van der Waals surface area contributed by atoms with Crippen LogP contribution in [0.2, 0.25) is 0 Å². The highest BCUT2D eigenvalue weighted by Gasteiger charge is 2.47. The first-order chi connectivity index (χ1) is 36.2. The van der Waals surface area contributed by atoms with E-state index >= 15 is 0 Å². The number of allylic oxidation sites excluding steroid dienone is 13. The maximum Gasteiger partial charge on any atom is 0.306 e. The van der Waals surface area contributed by atoms with Crippen molar-refractivity contribution in [1.29, 1.82) is 0 Å². The fraction of sp³-hybridized carbons (Fsp3) is 0.746. The number of rotatable bonds is 49. The number of esters is 1. The summed E-state index contributed by atoms with van der Waals surface area (Å²) in [4.78, 5) is 26.5. The predicted octanol–water partition coefficient (Wildman–Crippen LogP) is 13.8. The van der Waals surface area contributed by atoms with Crippen LogP contribution in [-0.2, 0) is 23.8 Å². The first-order valence-electron chi connectivity index (χ1n) is 29.9. The van der Waals surface area contributed by atoms with Crippen LogP contribution in [0.3, 0.4) is 0 Å². The van der Waals surface area contributed by atoms with Gasteiger partial charge in [0.2, 0.25) is 5.91 Å². The number of aliphatic hydroxyl groups excluding tert-OH is 5. The number of nitrogens with one attached hydrogen (secondary N) is 1. The second kappa shape index (κ2) is 50.6. The molecule has 1 amide bonds. The number of hydrogen-bond donors (Lipinski definition) is 6. The van der Waals surface area contributed by atoms with Gasteiger partial charge in [-0.25, -0.2) is 0 Å². The minimum atomic E-state index is -1.63. The first-order valence-corrected chi connectivity index (χ1v) is 29.9. The van der Waals surface area contributed by atoms with E-state index in [2.05, 4.69) is 99.0 Å². The molecule has 1 aliphatic rings. The summed E-state index contributed by atoms with van der Waals surface area (Å²) in [6, 6.07) is -1.05. The lowest BCUT2D eigenvalue weighted by Gasteiger charge is -2.41. The number of amides is 1. The van der Waals surface area contributed by atoms with E-state index in [9.17, 15) is 35.1 Å². The second-order valence-electron chi connectivity index (χ2n) is 20.4. The Hall–Kier alpha value is -3.16. The fourth-order valence-corrected chi connectivity index (χ4v) is 8.74. The SMILES string of the molecule is CCCCC/C=C\C/C=C\C/C=C\C/C=C\CCCCC(O)C(=O)NC(COC1OC(CO)C(O)C(O)C1OC(=O)CCCCCCCC/C=C/C=C/CCCCC)C(O)/C=C/CCCCCCCCCCCC. The first kappa shape index (κ1) is 68.9. The minimum absolute atomic E-state index is 0.103. The molecule has 0 spiro atoms. The molecule has 6 N–H and O–H groups in total. The Morgan fingerprint density at radius 1 is 0.541 bits per heavy atom. The van der Waals surface area contributed by atoms with Crippen LogP contribution in [-0.4, -0.2) is 99.6 Å². The van der Waals surface area contributed by atoms with Crippen molar-refractivity contribution in [2.24, 2.45) is 0 Å². The molecule has 0 radical (unpaired) electrons. The molecule has 0 aromatic carbocycles. The summed E-state index contributed by atoms with van der Waals surface area (Å²) in [6.45, 7) is 5.69.